The van der Waals surface area contributed by atoms with Gasteiger partial charge in [0.1, 0.15) is 11.4 Å². The van der Waals surface area contributed by atoms with Crippen molar-refractivity contribution in [2.75, 3.05) is 34.3 Å². The summed E-state index contributed by atoms with van der Waals surface area (Å²) in [6.45, 7) is 6.76. The summed E-state index contributed by atoms with van der Waals surface area (Å²) in [4.78, 5) is 34.5. The van der Waals surface area contributed by atoms with Crippen LogP contribution in [0.5, 0.6) is 5.75 Å². The number of allylic oxidation sites excluding steroid dienone is 3. The average Bonchev–Trinajstić information content (AvgIpc) is 3.33. The Morgan fingerprint density at radius 3 is 2.65 bits per heavy atom. The first-order valence-corrected chi connectivity index (χ1v) is 12.5. The van der Waals surface area contributed by atoms with E-state index in [4.69, 9.17) is 4.74 Å². The third kappa shape index (κ3) is 6.86. The van der Waals surface area contributed by atoms with Gasteiger partial charge in [0, 0.05) is 48.7 Å². The molecule has 0 spiro atoms. The Morgan fingerprint density at radius 1 is 1.19 bits per heavy atom. The second-order valence-electron chi connectivity index (χ2n) is 9.17. The van der Waals surface area contributed by atoms with Gasteiger partial charge in [-0.05, 0) is 56.2 Å². The highest BCUT2D eigenvalue weighted by molar-refractivity contribution is 5.96. The summed E-state index contributed by atoms with van der Waals surface area (Å²) in [7, 11) is 5.08. The number of amides is 2. The number of hydrogen-bond acceptors (Lipinski definition) is 5. The number of carbonyl (C=O) groups is 2. The molecule has 8 nitrogen and oxygen atoms in total. The number of rotatable bonds is 11. The van der Waals surface area contributed by atoms with E-state index < -0.39 is 5.92 Å². The van der Waals surface area contributed by atoms with Gasteiger partial charge < -0.3 is 25.3 Å². The van der Waals surface area contributed by atoms with Crippen molar-refractivity contribution in [1.29, 1.82) is 0 Å². The van der Waals surface area contributed by atoms with Crippen LogP contribution in [0.1, 0.15) is 32.8 Å². The molecule has 196 valence electrons. The van der Waals surface area contributed by atoms with E-state index in [-0.39, 0.29) is 18.4 Å². The van der Waals surface area contributed by atoms with E-state index in [0.717, 1.165) is 52.0 Å². The minimum absolute atomic E-state index is 0.0871. The first-order valence-electron chi connectivity index (χ1n) is 12.5. The number of fused-ring (bicyclic) bond motifs is 1. The van der Waals surface area contributed by atoms with Crippen LogP contribution in [-0.4, -0.2) is 61.0 Å². The maximum atomic E-state index is 12.7. The van der Waals surface area contributed by atoms with E-state index in [2.05, 4.69) is 26.7 Å². The Kier molecular flexibility index (Phi) is 9.63. The van der Waals surface area contributed by atoms with Crippen LogP contribution < -0.4 is 15.4 Å². The van der Waals surface area contributed by atoms with Crippen molar-refractivity contribution >= 4 is 28.4 Å². The van der Waals surface area contributed by atoms with E-state index in [1.165, 1.54) is 4.90 Å². The summed E-state index contributed by atoms with van der Waals surface area (Å²) in [5.74, 6) is 0.0194. The maximum Gasteiger partial charge on any atom is 0.238 e. The fraction of sp³-hybridized carbons (Fsp3) is 0.345. The summed E-state index contributed by atoms with van der Waals surface area (Å²) in [6, 6.07) is 9.96. The van der Waals surface area contributed by atoms with E-state index in [9.17, 15) is 9.59 Å². The maximum absolute atomic E-state index is 12.7. The van der Waals surface area contributed by atoms with Gasteiger partial charge in [-0.25, -0.2) is 4.98 Å². The Labute approximate surface area is 218 Å². The van der Waals surface area contributed by atoms with E-state index in [0.29, 0.717) is 5.70 Å². The van der Waals surface area contributed by atoms with Crippen LogP contribution in [0.4, 0.5) is 0 Å². The Balaban J connectivity index is 1.94. The number of pyridine rings is 1. The molecule has 1 unspecified atom stereocenters. The van der Waals surface area contributed by atoms with Crippen molar-refractivity contribution < 1.29 is 14.3 Å². The van der Waals surface area contributed by atoms with Crippen molar-refractivity contribution in [2.24, 2.45) is 5.92 Å². The van der Waals surface area contributed by atoms with Crippen LogP contribution in [0.3, 0.4) is 0 Å². The molecule has 0 saturated heterocycles. The SMILES string of the molecule is CCCNCC(=O)N/C(=C/C=C(\C)c1cnc2[nH]cc(-c3ccccc3OC)c2c1)C(C)C(=O)N(C)C. The van der Waals surface area contributed by atoms with Crippen LogP contribution in [0, 0.1) is 5.92 Å². The number of nitrogens with zero attached hydrogens (tertiary/aromatic N) is 2. The number of aromatic amines is 1. The molecule has 8 heteroatoms. The van der Waals surface area contributed by atoms with Crippen molar-refractivity contribution in [3.05, 3.63) is 66.1 Å². The van der Waals surface area contributed by atoms with Crippen molar-refractivity contribution in [3.8, 4) is 16.9 Å². The Hall–Kier alpha value is -3.91. The Morgan fingerprint density at radius 2 is 1.95 bits per heavy atom. The van der Waals surface area contributed by atoms with Crippen molar-refractivity contribution in [3.63, 3.8) is 0 Å². The highest BCUT2D eigenvalue weighted by Crippen LogP contribution is 2.35. The summed E-state index contributed by atoms with van der Waals surface area (Å²) < 4.78 is 5.56. The van der Waals surface area contributed by atoms with Crippen LogP contribution in [0.15, 0.2) is 60.6 Å². The lowest BCUT2D eigenvalue weighted by Gasteiger charge is -2.20. The van der Waals surface area contributed by atoms with Crippen molar-refractivity contribution in [2.45, 2.75) is 27.2 Å². The number of aromatic nitrogens is 2. The highest BCUT2D eigenvalue weighted by Gasteiger charge is 2.21. The van der Waals surface area contributed by atoms with Gasteiger partial charge in [0.25, 0.3) is 0 Å². The standard InChI is InChI=1S/C29H37N5O3/c1-7-14-30-18-27(35)33-25(20(3)29(36)34(4)5)13-12-19(2)21-15-23-24(17-32-28(23)31-16-21)22-10-8-9-11-26(22)37-6/h8-13,15-17,20,30H,7,14,18H2,1-6H3,(H,31,32)(H,33,35)/b19-12+,25-13+. The highest BCUT2D eigenvalue weighted by atomic mass is 16.5. The number of nitrogens with one attached hydrogen (secondary N) is 3. The molecule has 37 heavy (non-hydrogen) atoms. The van der Waals surface area contributed by atoms with Gasteiger partial charge in [0.2, 0.25) is 11.8 Å². The van der Waals surface area contributed by atoms with Gasteiger partial charge in [0.05, 0.1) is 19.6 Å². The normalized spacial score (nSPS) is 12.9. The molecule has 3 aromatic rings. The van der Waals surface area contributed by atoms with Crippen LogP contribution in [0.25, 0.3) is 27.7 Å². The molecule has 0 saturated carbocycles. The number of hydrogen-bond donors (Lipinski definition) is 3. The van der Waals surface area contributed by atoms with Gasteiger partial charge in [-0.3, -0.25) is 9.59 Å². The van der Waals surface area contributed by atoms with Crippen molar-refractivity contribution in [1.82, 2.24) is 25.5 Å². The predicted octanol–water partition coefficient (Wildman–Crippen LogP) is 4.37. The van der Waals surface area contributed by atoms with E-state index in [1.807, 2.05) is 62.7 Å². The molecule has 2 aromatic heterocycles. The smallest absolute Gasteiger partial charge is 0.238 e. The van der Waals surface area contributed by atoms with Crippen LogP contribution in [0.2, 0.25) is 0 Å². The van der Waals surface area contributed by atoms with Gasteiger partial charge in [0.15, 0.2) is 0 Å². The molecule has 0 fully saturated rings. The lowest BCUT2D eigenvalue weighted by Crippen LogP contribution is -2.39. The van der Waals surface area contributed by atoms with Crippen LogP contribution in [-0.2, 0) is 9.59 Å². The molecular formula is C29H37N5O3. The third-order valence-corrected chi connectivity index (χ3v) is 6.17. The molecule has 0 bridgehead atoms. The first kappa shape index (κ1) is 27.7. The fourth-order valence-electron chi connectivity index (χ4n) is 4.02. The topological polar surface area (TPSA) is 99.4 Å². The first-order chi connectivity index (χ1) is 17.8. The molecule has 2 heterocycles. The molecule has 3 rings (SSSR count). The number of methoxy groups -OCH3 is 1. The minimum Gasteiger partial charge on any atom is -0.496 e. The zero-order chi connectivity index (χ0) is 26.9. The zero-order valence-corrected chi connectivity index (χ0v) is 22.5. The molecule has 1 atom stereocenters. The number of carbonyl (C=O) groups excluding carboxylic acids is 2. The molecule has 0 aliphatic carbocycles. The third-order valence-electron chi connectivity index (χ3n) is 6.17. The number of para-hydroxylation sites is 1. The summed E-state index contributed by atoms with van der Waals surface area (Å²) in [6.07, 6.45) is 8.40. The van der Waals surface area contributed by atoms with E-state index in [1.54, 1.807) is 28.1 Å². The summed E-state index contributed by atoms with van der Waals surface area (Å²) >= 11 is 0. The van der Waals surface area contributed by atoms with Gasteiger partial charge in [-0.1, -0.05) is 31.2 Å². The molecular weight excluding hydrogens is 466 g/mol. The molecule has 3 N–H and O–H groups in total. The van der Waals surface area contributed by atoms with Gasteiger partial charge in [-0.15, -0.1) is 0 Å². The lowest BCUT2D eigenvalue weighted by molar-refractivity contribution is -0.131. The quantitative estimate of drug-likeness (QED) is 0.267. The number of benzene rings is 1. The second-order valence-corrected chi connectivity index (χ2v) is 9.17. The molecule has 2 amide bonds. The van der Waals surface area contributed by atoms with E-state index >= 15 is 0 Å². The second kappa shape index (κ2) is 12.9. The lowest BCUT2D eigenvalue weighted by atomic mass is 10.0. The molecule has 1 aromatic carbocycles. The van der Waals surface area contributed by atoms with Crippen LogP contribution >= 0.6 is 0 Å². The predicted molar refractivity (Wildman–Crippen MR) is 149 cm³/mol. The summed E-state index contributed by atoms with van der Waals surface area (Å²) in [5, 5.41) is 6.99. The monoisotopic (exact) mass is 503 g/mol. The number of ether oxygens (including phenoxy) is 1. The molecule has 0 aliphatic rings. The zero-order valence-electron chi connectivity index (χ0n) is 22.5. The minimum atomic E-state index is -0.503. The number of H-pyrrole nitrogens is 1. The summed E-state index contributed by atoms with van der Waals surface area (Å²) in [5.41, 5.74) is 5.19. The Bertz CT molecular complexity index is 1310. The fourth-order valence-corrected chi connectivity index (χ4v) is 4.02. The average molecular weight is 504 g/mol. The largest absolute Gasteiger partial charge is 0.496 e. The molecule has 0 radical (unpaired) electrons. The van der Waals surface area contributed by atoms with Gasteiger partial charge >= 0.3 is 0 Å². The van der Waals surface area contributed by atoms with Gasteiger partial charge in [-0.2, -0.15) is 0 Å². The molecule has 0 aliphatic heterocycles.